The fourth-order valence-electron chi connectivity index (χ4n) is 1.84. The van der Waals surface area contributed by atoms with E-state index in [4.69, 9.17) is 5.73 Å². The van der Waals surface area contributed by atoms with Gasteiger partial charge in [-0.05, 0) is 12.8 Å². The van der Waals surface area contributed by atoms with Crippen molar-refractivity contribution in [2.75, 3.05) is 5.73 Å². The molecule has 0 aromatic carbocycles. The molecule has 7 heteroatoms. The molecule has 0 bridgehead atoms. The molecule has 0 saturated carbocycles. The highest BCUT2D eigenvalue weighted by atomic mass is 15.1. The van der Waals surface area contributed by atoms with E-state index < -0.39 is 0 Å². The van der Waals surface area contributed by atoms with Gasteiger partial charge >= 0.3 is 0 Å². The zero-order chi connectivity index (χ0) is 13.9. The van der Waals surface area contributed by atoms with Crippen LogP contribution < -0.4 is 5.73 Å². The number of hydrogen-bond acceptors (Lipinski definition) is 6. The first-order chi connectivity index (χ1) is 9.79. The summed E-state index contributed by atoms with van der Waals surface area (Å²) in [5.74, 6) is 6.92. The minimum atomic E-state index is 0.355. The van der Waals surface area contributed by atoms with Gasteiger partial charge < -0.3 is 10.3 Å². The molecule has 98 valence electrons. The van der Waals surface area contributed by atoms with Gasteiger partial charge in [-0.2, -0.15) is 0 Å². The van der Waals surface area contributed by atoms with Gasteiger partial charge in [-0.25, -0.2) is 24.9 Å². The lowest BCUT2D eigenvalue weighted by Crippen LogP contribution is -2.00. The maximum atomic E-state index is 5.81. The van der Waals surface area contributed by atoms with E-state index in [9.17, 15) is 0 Å². The number of nitrogens with zero attached hydrogens (tertiary/aromatic N) is 6. The first-order valence-electron chi connectivity index (χ1n) is 6.03. The van der Waals surface area contributed by atoms with E-state index in [1.54, 1.807) is 12.4 Å². The number of nitrogen functional groups attached to an aromatic ring is 1. The number of aryl methyl sites for hydroxylation is 1. The number of fused-ring (bicyclic) bond motifs is 1. The predicted octanol–water partition coefficient (Wildman–Crippen LogP) is 0.618. The molecule has 0 aliphatic carbocycles. The van der Waals surface area contributed by atoms with E-state index >= 15 is 0 Å². The van der Waals surface area contributed by atoms with Gasteiger partial charge in [-0.1, -0.05) is 5.92 Å². The van der Waals surface area contributed by atoms with Crippen LogP contribution in [-0.4, -0.2) is 29.5 Å². The first-order valence-corrected chi connectivity index (χ1v) is 6.03. The van der Waals surface area contributed by atoms with Crippen LogP contribution in [0.1, 0.15) is 18.3 Å². The van der Waals surface area contributed by atoms with E-state index in [0.717, 1.165) is 5.56 Å². The Morgan fingerprint density at radius 3 is 2.70 bits per heavy atom. The standard InChI is InChI=1S/C13H11N7/c1-2-20-10(4-3-9-5-15-7-16-6-9)19-11-12(14)17-8-18-13(11)20/h5-8H,2H2,1H3,(H2,14,17,18). The second kappa shape index (κ2) is 4.93. The molecule has 0 spiro atoms. The largest absolute Gasteiger partial charge is 0.382 e. The molecule has 3 aromatic heterocycles. The first kappa shape index (κ1) is 12.0. The lowest BCUT2D eigenvalue weighted by atomic mass is 10.3. The number of imidazole rings is 1. The molecule has 2 N–H and O–H groups in total. The molecule has 0 atom stereocenters. The molecule has 0 fully saturated rings. The third-order valence-corrected chi connectivity index (χ3v) is 2.76. The van der Waals surface area contributed by atoms with E-state index in [0.29, 0.717) is 29.4 Å². The number of hydrogen-bond donors (Lipinski definition) is 1. The average molecular weight is 265 g/mol. The molecule has 0 radical (unpaired) electrons. The zero-order valence-corrected chi connectivity index (χ0v) is 10.8. The quantitative estimate of drug-likeness (QED) is 0.648. The SMILES string of the molecule is CCn1c(C#Cc2cncnc2)nc2c(N)ncnc21. The normalized spacial score (nSPS) is 10.2. The topological polar surface area (TPSA) is 95.4 Å². The molecule has 0 aliphatic heterocycles. The maximum absolute atomic E-state index is 5.81. The lowest BCUT2D eigenvalue weighted by Gasteiger charge is -1.99. The summed E-state index contributed by atoms with van der Waals surface area (Å²) in [6.45, 7) is 2.69. The van der Waals surface area contributed by atoms with E-state index in [1.807, 2.05) is 11.5 Å². The maximum Gasteiger partial charge on any atom is 0.188 e. The highest BCUT2D eigenvalue weighted by Crippen LogP contribution is 2.17. The van der Waals surface area contributed by atoms with Gasteiger partial charge in [-0.3, -0.25) is 0 Å². The molecule has 3 rings (SSSR count). The minimum absolute atomic E-state index is 0.355. The summed E-state index contributed by atoms with van der Waals surface area (Å²) >= 11 is 0. The van der Waals surface area contributed by atoms with Gasteiger partial charge in [0.1, 0.15) is 12.7 Å². The van der Waals surface area contributed by atoms with Crippen molar-refractivity contribution in [3.8, 4) is 11.8 Å². The number of anilines is 1. The van der Waals surface area contributed by atoms with Crippen LogP contribution in [-0.2, 0) is 6.54 Å². The molecule has 20 heavy (non-hydrogen) atoms. The second-order valence-corrected chi connectivity index (χ2v) is 3.99. The van der Waals surface area contributed by atoms with Crippen molar-refractivity contribution in [3.63, 3.8) is 0 Å². The van der Waals surface area contributed by atoms with Gasteiger partial charge in [0.05, 0.1) is 5.56 Å². The minimum Gasteiger partial charge on any atom is -0.382 e. The Bertz CT molecular complexity index is 811. The summed E-state index contributed by atoms with van der Waals surface area (Å²) in [5, 5.41) is 0. The van der Waals surface area contributed by atoms with Crippen LogP contribution >= 0.6 is 0 Å². The molecule has 0 saturated heterocycles. The van der Waals surface area contributed by atoms with Gasteiger partial charge in [-0.15, -0.1) is 0 Å². The van der Waals surface area contributed by atoms with Crippen molar-refractivity contribution >= 4 is 17.0 Å². The summed E-state index contributed by atoms with van der Waals surface area (Å²) in [5.41, 5.74) is 7.79. The Kier molecular flexibility index (Phi) is 2.97. The predicted molar refractivity (Wildman–Crippen MR) is 73.4 cm³/mol. The van der Waals surface area contributed by atoms with Crippen LogP contribution in [0.25, 0.3) is 11.2 Å². The highest BCUT2D eigenvalue weighted by Gasteiger charge is 2.11. The van der Waals surface area contributed by atoms with Crippen molar-refractivity contribution in [1.29, 1.82) is 0 Å². The molecule has 7 nitrogen and oxygen atoms in total. The van der Waals surface area contributed by atoms with Crippen LogP contribution in [0.3, 0.4) is 0 Å². The molecule has 3 aromatic rings. The monoisotopic (exact) mass is 265 g/mol. The fourth-order valence-corrected chi connectivity index (χ4v) is 1.84. The molecule has 0 amide bonds. The summed E-state index contributed by atoms with van der Waals surface area (Å²) in [6.07, 6.45) is 6.18. The van der Waals surface area contributed by atoms with E-state index in [2.05, 4.69) is 36.8 Å². The Labute approximate surface area is 114 Å². The Hall–Kier alpha value is -3.01. The fraction of sp³-hybridized carbons (Fsp3) is 0.154. The Balaban J connectivity index is 2.13. The van der Waals surface area contributed by atoms with Crippen molar-refractivity contribution in [3.05, 3.63) is 36.4 Å². The lowest BCUT2D eigenvalue weighted by molar-refractivity contribution is 0.765. The average Bonchev–Trinajstić information content (AvgIpc) is 2.85. The molecule has 0 unspecified atom stereocenters. The summed E-state index contributed by atoms with van der Waals surface area (Å²) in [4.78, 5) is 20.4. The Morgan fingerprint density at radius 2 is 1.95 bits per heavy atom. The van der Waals surface area contributed by atoms with Crippen molar-refractivity contribution in [2.24, 2.45) is 0 Å². The summed E-state index contributed by atoms with van der Waals surface area (Å²) in [6, 6.07) is 0. The molecule has 0 aliphatic rings. The second-order valence-electron chi connectivity index (χ2n) is 3.99. The summed E-state index contributed by atoms with van der Waals surface area (Å²) < 4.78 is 1.89. The van der Waals surface area contributed by atoms with E-state index in [-0.39, 0.29) is 0 Å². The van der Waals surface area contributed by atoms with Gasteiger partial charge in [0.15, 0.2) is 22.8 Å². The third kappa shape index (κ3) is 2.03. The summed E-state index contributed by atoms with van der Waals surface area (Å²) in [7, 11) is 0. The van der Waals surface area contributed by atoms with Gasteiger partial charge in [0.25, 0.3) is 0 Å². The van der Waals surface area contributed by atoms with Crippen LogP contribution in [0.4, 0.5) is 5.82 Å². The number of rotatable bonds is 1. The zero-order valence-electron chi connectivity index (χ0n) is 10.8. The Morgan fingerprint density at radius 1 is 1.15 bits per heavy atom. The van der Waals surface area contributed by atoms with Gasteiger partial charge in [0.2, 0.25) is 0 Å². The number of nitrogens with two attached hydrogens (primary N) is 1. The van der Waals surface area contributed by atoms with E-state index in [1.165, 1.54) is 12.7 Å². The van der Waals surface area contributed by atoms with Crippen LogP contribution in [0.2, 0.25) is 0 Å². The van der Waals surface area contributed by atoms with Crippen LogP contribution in [0.5, 0.6) is 0 Å². The van der Waals surface area contributed by atoms with Crippen molar-refractivity contribution < 1.29 is 0 Å². The molecular formula is C13H11N7. The van der Waals surface area contributed by atoms with Crippen LogP contribution in [0.15, 0.2) is 25.0 Å². The number of aromatic nitrogens is 6. The third-order valence-electron chi connectivity index (χ3n) is 2.76. The highest BCUT2D eigenvalue weighted by molar-refractivity contribution is 5.82. The van der Waals surface area contributed by atoms with Crippen LogP contribution in [0, 0.1) is 11.8 Å². The van der Waals surface area contributed by atoms with Gasteiger partial charge in [0, 0.05) is 18.9 Å². The van der Waals surface area contributed by atoms with Crippen molar-refractivity contribution in [1.82, 2.24) is 29.5 Å². The molecule has 3 heterocycles. The smallest absolute Gasteiger partial charge is 0.188 e. The molecular weight excluding hydrogens is 254 g/mol. The van der Waals surface area contributed by atoms with Crippen molar-refractivity contribution in [2.45, 2.75) is 13.5 Å².